The summed E-state index contributed by atoms with van der Waals surface area (Å²) in [6.45, 7) is 2.53. The van der Waals surface area contributed by atoms with Crippen LogP contribution in [-0.4, -0.2) is 25.7 Å². The molecule has 0 atom stereocenters. The molecule has 0 bridgehead atoms. The van der Waals surface area contributed by atoms with Gasteiger partial charge in [-0.05, 0) is 54.9 Å². The van der Waals surface area contributed by atoms with E-state index in [9.17, 15) is 4.79 Å². The molecule has 2 aromatic rings. The smallest absolute Gasteiger partial charge is 0.251 e. The molecule has 3 nitrogen and oxygen atoms in total. The molecule has 126 valence electrons. The van der Waals surface area contributed by atoms with Crippen molar-refractivity contribution in [1.29, 1.82) is 0 Å². The molecule has 1 aliphatic rings. The Morgan fingerprint density at radius 3 is 2.33 bits per heavy atom. The van der Waals surface area contributed by atoms with Crippen LogP contribution in [0.1, 0.15) is 36.0 Å². The first-order valence-corrected chi connectivity index (χ1v) is 8.84. The molecule has 24 heavy (non-hydrogen) atoms. The molecule has 1 aliphatic heterocycles. The lowest BCUT2D eigenvalue weighted by Crippen LogP contribution is -2.25. The first-order valence-electron chi connectivity index (χ1n) is 8.84. The van der Waals surface area contributed by atoms with Crippen LogP contribution < -0.4 is 5.32 Å². The van der Waals surface area contributed by atoms with Gasteiger partial charge in [-0.15, -0.1) is 0 Å². The van der Waals surface area contributed by atoms with E-state index >= 15 is 0 Å². The predicted octanol–water partition coefficient (Wildman–Crippen LogP) is 4.29. The molecule has 1 N–H and O–H groups in total. The third-order valence-electron chi connectivity index (χ3n) is 4.67. The third kappa shape index (κ3) is 4.68. The van der Waals surface area contributed by atoms with Crippen molar-refractivity contribution in [2.24, 2.45) is 5.92 Å². The van der Waals surface area contributed by atoms with Crippen molar-refractivity contribution in [3.05, 3.63) is 60.2 Å². The molecule has 1 saturated heterocycles. The highest BCUT2D eigenvalue weighted by Gasteiger charge is 2.13. The number of benzene rings is 2. The maximum Gasteiger partial charge on any atom is 0.251 e. The van der Waals surface area contributed by atoms with Crippen LogP contribution >= 0.6 is 0 Å². The summed E-state index contributed by atoms with van der Waals surface area (Å²) >= 11 is 0. The van der Waals surface area contributed by atoms with Crippen molar-refractivity contribution in [3.8, 4) is 11.1 Å². The molecule has 0 aromatic heterocycles. The Labute approximate surface area is 144 Å². The zero-order valence-electron chi connectivity index (χ0n) is 14.0. The highest BCUT2D eigenvalue weighted by Crippen LogP contribution is 2.20. The lowest BCUT2D eigenvalue weighted by atomic mass is 9.95. The standard InChI is InChI=1S/C21H25NO2/c23-21(22-14-4-5-17-12-15-24-16-13-17)20-10-8-19(9-11-20)18-6-2-1-3-7-18/h1-3,6-11,17H,4-5,12-16H2,(H,22,23). The summed E-state index contributed by atoms with van der Waals surface area (Å²) in [6, 6.07) is 18.0. The molecule has 1 fully saturated rings. The third-order valence-corrected chi connectivity index (χ3v) is 4.67. The quantitative estimate of drug-likeness (QED) is 0.805. The van der Waals surface area contributed by atoms with E-state index in [1.807, 2.05) is 42.5 Å². The second-order valence-corrected chi connectivity index (χ2v) is 6.40. The highest BCUT2D eigenvalue weighted by molar-refractivity contribution is 5.94. The summed E-state index contributed by atoms with van der Waals surface area (Å²) in [5.74, 6) is 0.780. The number of rotatable bonds is 6. The largest absolute Gasteiger partial charge is 0.381 e. The van der Waals surface area contributed by atoms with E-state index < -0.39 is 0 Å². The van der Waals surface area contributed by atoms with Gasteiger partial charge < -0.3 is 10.1 Å². The van der Waals surface area contributed by atoms with Crippen molar-refractivity contribution in [2.45, 2.75) is 25.7 Å². The Morgan fingerprint density at radius 2 is 1.62 bits per heavy atom. The van der Waals surface area contributed by atoms with Crippen LogP contribution in [0.5, 0.6) is 0 Å². The average Bonchev–Trinajstić information content (AvgIpc) is 2.67. The molecule has 0 saturated carbocycles. The minimum atomic E-state index is 0.0154. The van der Waals surface area contributed by atoms with Crippen molar-refractivity contribution < 1.29 is 9.53 Å². The molecule has 3 heteroatoms. The maximum absolute atomic E-state index is 12.2. The second kappa shape index (κ2) is 8.65. The van der Waals surface area contributed by atoms with E-state index in [1.165, 1.54) is 12.0 Å². The number of ether oxygens (including phenoxy) is 1. The van der Waals surface area contributed by atoms with E-state index in [2.05, 4.69) is 17.4 Å². The van der Waals surface area contributed by atoms with Crippen LogP contribution in [0.15, 0.2) is 54.6 Å². The van der Waals surface area contributed by atoms with Gasteiger partial charge in [0.25, 0.3) is 5.91 Å². The molecule has 0 unspecified atom stereocenters. The first kappa shape index (κ1) is 16.7. The Kier molecular flexibility index (Phi) is 6.02. The molecule has 0 radical (unpaired) electrons. The molecule has 0 spiro atoms. The van der Waals surface area contributed by atoms with E-state index in [4.69, 9.17) is 4.74 Å². The monoisotopic (exact) mass is 323 g/mol. The van der Waals surface area contributed by atoms with Crippen LogP contribution in [0, 0.1) is 5.92 Å². The molecule has 1 amide bonds. The zero-order chi connectivity index (χ0) is 16.6. The average molecular weight is 323 g/mol. The van der Waals surface area contributed by atoms with Gasteiger partial charge >= 0.3 is 0 Å². The second-order valence-electron chi connectivity index (χ2n) is 6.40. The van der Waals surface area contributed by atoms with Crippen molar-refractivity contribution in [1.82, 2.24) is 5.32 Å². The maximum atomic E-state index is 12.2. The fourth-order valence-corrected chi connectivity index (χ4v) is 3.17. The molecule has 2 aromatic carbocycles. The number of amides is 1. The van der Waals surface area contributed by atoms with E-state index in [1.54, 1.807) is 0 Å². The van der Waals surface area contributed by atoms with Crippen molar-refractivity contribution in [2.75, 3.05) is 19.8 Å². The van der Waals surface area contributed by atoms with Crippen LogP contribution in [0.25, 0.3) is 11.1 Å². The first-order chi connectivity index (χ1) is 11.8. The molecule has 0 aliphatic carbocycles. The summed E-state index contributed by atoms with van der Waals surface area (Å²) in [4.78, 5) is 12.2. The molecular weight excluding hydrogens is 298 g/mol. The van der Waals surface area contributed by atoms with Gasteiger partial charge in [-0.2, -0.15) is 0 Å². The lowest BCUT2D eigenvalue weighted by Gasteiger charge is -2.21. The van der Waals surface area contributed by atoms with Gasteiger partial charge in [-0.25, -0.2) is 0 Å². The molecule has 1 heterocycles. The van der Waals surface area contributed by atoms with E-state index in [0.29, 0.717) is 0 Å². The molecular formula is C21H25NO2. The van der Waals surface area contributed by atoms with Gasteiger partial charge in [0.2, 0.25) is 0 Å². The summed E-state index contributed by atoms with van der Waals surface area (Å²) in [6.07, 6.45) is 4.54. The molecule has 3 rings (SSSR count). The summed E-state index contributed by atoms with van der Waals surface area (Å²) in [7, 11) is 0. The van der Waals surface area contributed by atoms with Crippen LogP contribution in [0.2, 0.25) is 0 Å². The number of nitrogens with one attached hydrogen (secondary N) is 1. The minimum absolute atomic E-state index is 0.0154. The summed E-state index contributed by atoms with van der Waals surface area (Å²) in [5, 5.41) is 3.03. The van der Waals surface area contributed by atoms with E-state index in [0.717, 1.165) is 56.1 Å². The lowest BCUT2D eigenvalue weighted by molar-refractivity contribution is 0.0631. The van der Waals surface area contributed by atoms with Gasteiger partial charge in [0.15, 0.2) is 0 Å². The predicted molar refractivity (Wildman–Crippen MR) is 97.0 cm³/mol. The number of hydrogen-bond donors (Lipinski definition) is 1. The number of carbonyl (C=O) groups excluding carboxylic acids is 1. The fourth-order valence-electron chi connectivity index (χ4n) is 3.17. The van der Waals surface area contributed by atoms with Gasteiger partial charge in [0.05, 0.1) is 0 Å². The Bertz CT molecular complexity index is 631. The van der Waals surface area contributed by atoms with Crippen LogP contribution in [0.3, 0.4) is 0 Å². The summed E-state index contributed by atoms with van der Waals surface area (Å²) < 4.78 is 5.37. The highest BCUT2D eigenvalue weighted by atomic mass is 16.5. The van der Waals surface area contributed by atoms with Crippen molar-refractivity contribution in [3.63, 3.8) is 0 Å². The Balaban J connectivity index is 1.45. The Hall–Kier alpha value is -2.13. The topological polar surface area (TPSA) is 38.3 Å². The number of carbonyl (C=O) groups is 1. The number of hydrogen-bond acceptors (Lipinski definition) is 2. The van der Waals surface area contributed by atoms with Gasteiger partial charge in [-0.1, -0.05) is 42.5 Å². The van der Waals surface area contributed by atoms with Crippen LogP contribution in [-0.2, 0) is 4.74 Å². The minimum Gasteiger partial charge on any atom is -0.381 e. The fraction of sp³-hybridized carbons (Fsp3) is 0.381. The van der Waals surface area contributed by atoms with E-state index in [-0.39, 0.29) is 5.91 Å². The summed E-state index contributed by atoms with van der Waals surface area (Å²) in [5.41, 5.74) is 3.02. The zero-order valence-corrected chi connectivity index (χ0v) is 14.0. The van der Waals surface area contributed by atoms with Gasteiger partial charge in [0, 0.05) is 25.3 Å². The van der Waals surface area contributed by atoms with Crippen molar-refractivity contribution >= 4 is 5.91 Å². The Morgan fingerprint density at radius 1 is 0.958 bits per heavy atom. The SMILES string of the molecule is O=C(NCCCC1CCOCC1)c1ccc(-c2ccccc2)cc1. The van der Waals surface area contributed by atoms with Crippen LogP contribution in [0.4, 0.5) is 0 Å². The van der Waals surface area contributed by atoms with Gasteiger partial charge in [-0.3, -0.25) is 4.79 Å². The normalized spacial score (nSPS) is 15.2. The van der Waals surface area contributed by atoms with Gasteiger partial charge in [0.1, 0.15) is 0 Å².